The molecular formula is C14H21BrN2O. The summed E-state index contributed by atoms with van der Waals surface area (Å²) in [6, 6.07) is 6.93. The highest BCUT2D eigenvalue weighted by molar-refractivity contribution is 9.10. The van der Waals surface area contributed by atoms with E-state index in [-0.39, 0.29) is 6.04 Å². The Morgan fingerprint density at radius 1 is 1.39 bits per heavy atom. The van der Waals surface area contributed by atoms with Crippen LogP contribution >= 0.6 is 15.9 Å². The minimum atomic E-state index is 0.0513. The van der Waals surface area contributed by atoms with Crippen LogP contribution in [0.3, 0.4) is 0 Å². The molecule has 1 aromatic rings. The average molecular weight is 313 g/mol. The van der Waals surface area contributed by atoms with Crippen LogP contribution in [0.2, 0.25) is 0 Å². The molecule has 0 radical (unpaired) electrons. The Morgan fingerprint density at radius 3 is 2.67 bits per heavy atom. The molecule has 2 rings (SSSR count). The summed E-state index contributed by atoms with van der Waals surface area (Å²) in [5.41, 5.74) is 8.49. The molecular weight excluding hydrogens is 292 g/mol. The molecule has 3 nitrogen and oxygen atoms in total. The van der Waals surface area contributed by atoms with Crippen molar-refractivity contribution < 1.29 is 4.74 Å². The maximum atomic E-state index is 6.07. The van der Waals surface area contributed by atoms with Crippen LogP contribution in [0.5, 0.6) is 0 Å². The van der Waals surface area contributed by atoms with Gasteiger partial charge in [0.05, 0.1) is 0 Å². The second kappa shape index (κ2) is 6.04. The van der Waals surface area contributed by atoms with E-state index in [0.717, 1.165) is 30.5 Å². The normalized spacial score (nSPS) is 18.7. The third-order valence-corrected chi connectivity index (χ3v) is 4.09. The monoisotopic (exact) mass is 312 g/mol. The maximum Gasteiger partial charge on any atom is 0.0485 e. The highest BCUT2D eigenvalue weighted by atomic mass is 79.9. The Morgan fingerprint density at radius 2 is 2.06 bits per heavy atom. The quantitative estimate of drug-likeness (QED) is 0.932. The van der Waals surface area contributed by atoms with Gasteiger partial charge in [-0.25, -0.2) is 0 Å². The highest BCUT2D eigenvalue weighted by Gasteiger charge is 2.21. The minimum absolute atomic E-state index is 0.0513. The predicted octanol–water partition coefficient (Wildman–Crippen LogP) is 3.08. The number of anilines is 1. The van der Waals surface area contributed by atoms with Crippen LogP contribution in [0.1, 0.15) is 31.4 Å². The largest absolute Gasteiger partial charge is 0.381 e. The fourth-order valence-electron chi connectivity index (χ4n) is 2.48. The minimum Gasteiger partial charge on any atom is -0.381 e. The van der Waals surface area contributed by atoms with Gasteiger partial charge in [-0.2, -0.15) is 0 Å². The van der Waals surface area contributed by atoms with Crippen molar-refractivity contribution in [1.82, 2.24) is 0 Å². The lowest BCUT2D eigenvalue weighted by molar-refractivity contribution is 0.0854. The van der Waals surface area contributed by atoms with E-state index in [1.807, 2.05) is 6.92 Å². The summed E-state index contributed by atoms with van der Waals surface area (Å²) in [5, 5.41) is 0. The summed E-state index contributed by atoms with van der Waals surface area (Å²) in [4.78, 5) is 2.35. The molecule has 1 saturated heterocycles. The van der Waals surface area contributed by atoms with Crippen LogP contribution < -0.4 is 10.6 Å². The zero-order chi connectivity index (χ0) is 13.1. The van der Waals surface area contributed by atoms with E-state index < -0.39 is 0 Å². The van der Waals surface area contributed by atoms with Gasteiger partial charge < -0.3 is 15.4 Å². The first-order valence-electron chi connectivity index (χ1n) is 6.45. The molecule has 1 unspecified atom stereocenters. The molecule has 0 amide bonds. The van der Waals surface area contributed by atoms with E-state index >= 15 is 0 Å². The molecule has 4 heteroatoms. The van der Waals surface area contributed by atoms with Crippen molar-refractivity contribution in [3.05, 3.63) is 28.2 Å². The van der Waals surface area contributed by atoms with Crippen LogP contribution in [0.15, 0.2) is 22.7 Å². The number of benzene rings is 1. The van der Waals surface area contributed by atoms with E-state index in [1.54, 1.807) is 0 Å². The standard InChI is InChI=1S/C14H21BrN2O/c1-10(16)13-4-3-11(15)9-14(13)17(2)12-5-7-18-8-6-12/h3-4,9-10,12H,5-8,16H2,1-2H3. The molecule has 100 valence electrons. The number of ether oxygens (including phenoxy) is 1. The van der Waals surface area contributed by atoms with Gasteiger partial charge in [0.2, 0.25) is 0 Å². The second-order valence-corrected chi connectivity index (χ2v) is 5.86. The van der Waals surface area contributed by atoms with Crippen LogP contribution in [0.4, 0.5) is 5.69 Å². The number of nitrogens with two attached hydrogens (primary N) is 1. The Kier molecular flexibility index (Phi) is 4.65. The number of hydrogen-bond donors (Lipinski definition) is 1. The smallest absolute Gasteiger partial charge is 0.0485 e. The number of nitrogens with zero attached hydrogens (tertiary/aromatic N) is 1. The molecule has 0 aliphatic carbocycles. The van der Waals surface area contributed by atoms with E-state index in [1.165, 1.54) is 11.3 Å². The fraction of sp³-hybridized carbons (Fsp3) is 0.571. The van der Waals surface area contributed by atoms with Gasteiger partial charge in [0.25, 0.3) is 0 Å². The van der Waals surface area contributed by atoms with Crippen LogP contribution in [0, 0.1) is 0 Å². The summed E-state index contributed by atoms with van der Waals surface area (Å²) >= 11 is 3.55. The van der Waals surface area contributed by atoms with E-state index in [2.05, 4.69) is 46.1 Å². The summed E-state index contributed by atoms with van der Waals surface area (Å²) in [6.07, 6.45) is 2.17. The van der Waals surface area contributed by atoms with Crippen LogP contribution in [0.25, 0.3) is 0 Å². The zero-order valence-electron chi connectivity index (χ0n) is 11.0. The van der Waals surface area contributed by atoms with Crippen molar-refractivity contribution >= 4 is 21.6 Å². The van der Waals surface area contributed by atoms with Gasteiger partial charge in [-0.15, -0.1) is 0 Å². The Balaban J connectivity index is 2.27. The number of halogens is 1. The fourth-order valence-corrected chi connectivity index (χ4v) is 2.83. The molecule has 0 spiro atoms. The van der Waals surface area contributed by atoms with E-state index in [4.69, 9.17) is 10.5 Å². The van der Waals surface area contributed by atoms with Crippen molar-refractivity contribution in [2.24, 2.45) is 5.73 Å². The molecule has 0 aromatic heterocycles. The molecule has 0 bridgehead atoms. The van der Waals surface area contributed by atoms with E-state index in [9.17, 15) is 0 Å². The number of rotatable bonds is 3. The maximum absolute atomic E-state index is 6.07. The lowest BCUT2D eigenvalue weighted by Gasteiger charge is -2.34. The SMILES string of the molecule is CC(N)c1ccc(Br)cc1N(C)C1CCOCC1. The first kappa shape index (κ1) is 13.8. The lowest BCUT2D eigenvalue weighted by Crippen LogP contribution is -2.37. The van der Waals surface area contributed by atoms with Crippen molar-refractivity contribution in [2.75, 3.05) is 25.2 Å². The van der Waals surface area contributed by atoms with Gasteiger partial charge in [-0.1, -0.05) is 22.0 Å². The van der Waals surface area contributed by atoms with Crippen molar-refractivity contribution in [1.29, 1.82) is 0 Å². The highest BCUT2D eigenvalue weighted by Crippen LogP contribution is 2.31. The van der Waals surface area contributed by atoms with Gasteiger partial charge >= 0.3 is 0 Å². The van der Waals surface area contributed by atoms with Gasteiger partial charge in [-0.3, -0.25) is 0 Å². The molecule has 1 heterocycles. The molecule has 0 saturated carbocycles. The molecule has 1 aromatic carbocycles. The second-order valence-electron chi connectivity index (χ2n) is 4.95. The molecule has 1 aliphatic rings. The topological polar surface area (TPSA) is 38.5 Å². The summed E-state index contributed by atoms with van der Waals surface area (Å²) in [5.74, 6) is 0. The Labute approximate surface area is 117 Å². The molecule has 18 heavy (non-hydrogen) atoms. The Hall–Kier alpha value is -0.580. The van der Waals surface area contributed by atoms with Gasteiger partial charge in [0, 0.05) is 42.5 Å². The Bertz CT molecular complexity index is 403. The van der Waals surface area contributed by atoms with E-state index in [0.29, 0.717) is 6.04 Å². The first-order chi connectivity index (χ1) is 8.59. The molecule has 1 atom stereocenters. The van der Waals surface area contributed by atoms with Gasteiger partial charge in [0.1, 0.15) is 0 Å². The predicted molar refractivity (Wildman–Crippen MR) is 79.0 cm³/mol. The van der Waals surface area contributed by atoms with Crippen molar-refractivity contribution in [3.63, 3.8) is 0 Å². The first-order valence-corrected chi connectivity index (χ1v) is 7.24. The zero-order valence-corrected chi connectivity index (χ0v) is 12.6. The molecule has 2 N–H and O–H groups in total. The lowest BCUT2D eigenvalue weighted by atomic mass is 10.0. The third kappa shape index (κ3) is 3.05. The average Bonchev–Trinajstić information content (AvgIpc) is 2.38. The molecule has 1 fully saturated rings. The van der Waals surface area contributed by atoms with Gasteiger partial charge in [-0.05, 0) is 37.5 Å². The van der Waals surface area contributed by atoms with Gasteiger partial charge in [0.15, 0.2) is 0 Å². The van der Waals surface area contributed by atoms with Crippen LogP contribution in [-0.4, -0.2) is 26.3 Å². The summed E-state index contributed by atoms with van der Waals surface area (Å²) in [7, 11) is 2.16. The summed E-state index contributed by atoms with van der Waals surface area (Å²) in [6.45, 7) is 3.75. The molecule has 1 aliphatic heterocycles. The third-order valence-electron chi connectivity index (χ3n) is 3.60. The summed E-state index contributed by atoms with van der Waals surface area (Å²) < 4.78 is 6.52. The van der Waals surface area contributed by atoms with Crippen molar-refractivity contribution in [2.45, 2.75) is 31.8 Å². The van der Waals surface area contributed by atoms with Crippen LogP contribution in [-0.2, 0) is 4.74 Å². The number of hydrogen-bond acceptors (Lipinski definition) is 3. The van der Waals surface area contributed by atoms with Crippen molar-refractivity contribution in [3.8, 4) is 0 Å².